The van der Waals surface area contributed by atoms with Gasteiger partial charge in [-0.1, -0.05) is 155 Å². The van der Waals surface area contributed by atoms with E-state index in [1.165, 1.54) is 38.9 Å². The molecule has 0 aliphatic heterocycles. The van der Waals surface area contributed by atoms with Crippen LogP contribution in [0.15, 0.2) is 85.1 Å². The summed E-state index contributed by atoms with van der Waals surface area (Å²) in [4.78, 5) is 10.6. The van der Waals surface area contributed by atoms with Gasteiger partial charge in [-0.3, -0.25) is 4.98 Å². The van der Waals surface area contributed by atoms with Crippen LogP contribution >= 0.6 is 0 Å². The number of rotatable bonds is 4. The quantitative estimate of drug-likeness (QED) is 0.184. The van der Waals surface area contributed by atoms with E-state index in [-0.39, 0.29) is 37.9 Å². The molecule has 0 fully saturated rings. The van der Waals surface area contributed by atoms with Gasteiger partial charge in [0.15, 0.2) is 0 Å². The highest BCUT2D eigenvalue weighted by Gasteiger charge is 2.56. The van der Waals surface area contributed by atoms with Gasteiger partial charge in [0, 0.05) is 28.5 Å². The van der Waals surface area contributed by atoms with Crippen LogP contribution in [0.3, 0.4) is 0 Å². The fourth-order valence-corrected chi connectivity index (χ4v) is 8.23. The Morgan fingerprint density at radius 3 is 1.15 bits per heavy atom. The second-order valence-corrected chi connectivity index (χ2v) is 22.3. The summed E-state index contributed by atoms with van der Waals surface area (Å²) in [5.41, 5.74) is 17.1. The van der Waals surface area contributed by atoms with Gasteiger partial charge in [0.25, 0.3) is 0 Å². The Morgan fingerprint density at radius 1 is 0.364 bits per heavy atom. The molecule has 6 rings (SSSR count). The number of nitrogens with zero attached hydrogens (tertiary/aromatic N) is 2. The monoisotopic (exact) mass is 733 g/mol. The Kier molecular flexibility index (Phi) is 9.60. The second kappa shape index (κ2) is 13.0. The summed E-state index contributed by atoms with van der Waals surface area (Å²) < 4.78 is 0. The van der Waals surface area contributed by atoms with E-state index in [1.807, 2.05) is 0 Å². The zero-order valence-electron chi connectivity index (χ0n) is 37.5. The summed E-state index contributed by atoms with van der Waals surface area (Å²) in [7, 11) is 0. The zero-order valence-corrected chi connectivity index (χ0v) is 37.5. The Bertz CT molecular complexity index is 2090. The maximum atomic E-state index is 5.51. The van der Waals surface area contributed by atoms with Gasteiger partial charge in [0.05, 0.1) is 17.1 Å². The first-order valence-electron chi connectivity index (χ1n) is 20.5. The van der Waals surface area contributed by atoms with E-state index < -0.39 is 0 Å². The van der Waals surface area contributed by atoms with Crippen molar-refractivity contribution < 1.29 is 0 Å². The Morgan fingerprint density at radius 2 is 0.764 bits per heavy atom. The largest absolute Gasteiger partial charge is 0.256 e. The van der Waals surface area contributed by atoms with Crippen molar-refractivity contribution in [3.05, 3.63) is 118 Å². The first-order valence-corrected chi connectivity index (χ1v) is 20.5. The van der Waals surface area contributed by atoms with E-state index in [0.29, 0.717) is 0 Å². The highest BCUT2D eigenvalue weighted by Crippen LogP contribution is 2.61. The predicted molar refractivity (Wildman–Crippen MR) is 238 cm³/mol. The van der Waals surface area contributed by atoms with Gasteiger partial charge in [0.2, 0.25) is 0 Å². The summed E-state index contributed by atoms with van der Waals surface area (Å²) in [5.74, 6) is 0. The van der Waals surface area contributed by atoms with Crippen LogP contribution in [0.5, 0.6) is 0 Å². The van der Waals surface area contributed by atoms with Crippen molar-refractivity contribution in [2.75, 3.05) is 0 Å². The van der Waals surface area contributed by atoms with Crippen LogP contribution in [0, 0.1) is 5.41 Å². The lowest BCUT2D eigenvalue weighted by Gasteiger charge is -2.44. The van der Waals surface area contributed by atoms with Gasteiger partial charge in [-0.15, -0.1) is 0 Å². The number of pyridine rings is 2. The van der Waals surface area contributed by atoms with Crippen molar-refractivity contribution in [3.8, 4) is 44.9 Å². The average molecular weight is 733 g/mol. The van der Waals surface area contributed by atoms with Crippen LogP contribution in [0.2, 0.25) is 0 Å². The van der Waals surface area contributed by atoms with Crippen molar-refractivity contribution in [2.24, 2.45) is 5.41 Å². The molecule has 1 aliphatic rings. The lowest BCUT2D eigenvalue weighted by atomic mass is 9.59. The Balaban J connectivity index is 1.54. The van der Waals surface area contributed by atoms with E-state index in [0.717, 1.165) is 39.3 Å². The minimum absolute atomic E-state index is 0.00285. The van der Waals surface area contributed by atoms with Crippen molar-refractivity contribution in [2.45, 2.75) is 157 Å². The lowest BCUT2D eigenvalue weighted by molar-refractivity contribution is 0.125. The molecule has 0 N–H and O–H groups in total. The normalized spacial score (nSPS) is 16.6. The summed E-state index contributed by atoms with van der Waals surface area (Å²) in [6, 6.07) is 30.2. The van der Waals surface area contributed by atoms with Crippen LogP contribution in [-0.4, -0.2) is 9.97 Å². The fourth-order valence-electron chi connectivity index (χ4n) is 8.23. The molecule has 3 aromatic carbocycles. The first-order chi connectivity index (χ1) is 25.0. The van der Waals surface area contributed by atoms with Gasteiger partial charge >= 0.3 is 0 Å². The van der Waals surface area contributed by atoms with Crippen molar-refractivity contribution >= 4 is 0 Å². The Labute approximate surface area is 334 Å². The molecule has 5 aromatic rings. The van der Waals surface area contributed by atoms with E-state index in [1.54, 1.807) is 0 Å². The summed E-state index contributed by atoms with van der Waals surface area (Å²) >= 11 is 0. The van der Waals surface area contributed by atoms with Gasteiger partial charge < -0.3 is 0 Å². The third kappa shape index (κ3) is 7.36. The molecule has 1 aliphatic carbocycles. The molecular formula is C53H68N2. The van der Waals surface area contributed by atoms with Crippen LogP contribution in [0.25, 0.3) is 44.9 Å². The molecule has 0 saturated carbocycles. The maximum Gasteiger partial charge on any atom is 0.0715 e. The van der Waals surface area contributed by atoms with Crippen LogP contribution in [0.1, 0.15) is 158 Å². The van der Waals surface area contributed by atoms with Crippen molar-refractivity contribution in [3.63, 3.8) is 0 Å². The third-order valence-electron chi connectivity index (χ3n) is 13.6. The molecule has 2 heteroatoms. The summed E-state index contributed by atoms with van der Waals surface area (Å²) in [6.07, 6.45) is 2.06. The molecule has 2 heterocycles. The van der Waals surface area contributed by atoms with Gasteiger partial charge in [-0.2, -0.15) is 0 Å². The van der Waals surface area contributed by atoms with E-state index in [2.05, 4.69) is 210 Å². The average Bonchev–Trinajstić information content (AvgIpc) is 3.19. The molecule has 0 atom stereocenters. The number of fused-ring (bicyclic) bond motifs is 1. The predicted octanol–water partition coefficient (Wildman–Crippen LogP) is 14.9. The van der Waals surface area contributed by atoms with Gasteiger partial charge in [0.1, 0.15) is 0 Å². The van der Waals surface area contributed by atoms with E-state index >= 15 is 0 Å². The van der Waals surface area contributed by atoms with Crippen LogP contribution in [0.4, 0.5) is 0 Å². The molecule has 0 unspecified atom stereocenters. The van der Waals surface area contributed by atoms with Gasteiger partial charge in [-0.25, -0.2) is 4.98 Å². The minimum Gasteiger partial charge on any atom is -0.256 e. The molecule has 55 heavy (non-hydrogen) atoms. The zero-order chi connectivity index (χ0) is 40.9. The SMILES string of the molecule is CC(C)(C)c1cc(-c2cc(-c3ccc(-c4ccc5c(c4)C(C)(C)C(C)(C)C5(C)C)nc3)cc(-c3cc(C(C)(C)C)cc(C(C)(C)C)c3)n2)cc(C(C)(C)C)c1. The smallest absolute Gasteiger partial charge is 0.0715 e. The number of benzene rings is 3. The van der Waals surface area contributed by atoms with Crippen LogP contribution in [-0.2, 0) is 32.5 Å². The molecular weight excluding hydrogens is 665 g/mol. The lowest BCUT2D eigenvalue weighted by Crippen LogP contribution is -2.42. The number of hydrogen-bond acceptors (Lipinski definition) is 2. The third-order valence-corrected chi connectivity index (χ3v) is 13.6. The van der Waals surface area contributed by atoms with Crippen molar-refractivity contribution in [1.29, 1.82) is 0 Å². The molecule has 2 aromatic heterocycles. The highest BCUT2D eigenvalue weighted by atomic mass is 14.7. The van der Waals surface area contributed by atoms with Gasteiger partial charge in [-0.05, 0) is 125 Å². The number of hydrogen-bond donors (Lipinski definition) is 0. The standard InChI is InChI=1S/C53H68N2/c1-47(2,3)38-23-36(24-39(30-38)48(4,5)6)45-28-35(29-46(55-45)37-25-40(49(7,8)9)31-41(26-37)50(10,11)12)34-20-22-44(54-32-34)33-19-21-42-43(27-33)52(15,16)53(17,18)51(42,13)14/h19-32H,1-18H3. The highest BCUT2D eigenvalue weighted by molar-refractivity contribution is 5.78. The molecule has 0 radical (unpaired) electrons. The number of aromatic nitrogens is 2. The second-order valence-electron chi connectivity index (χ2n) is 22.3. The molecule has 2 nitrogen and oxygen atoms in total. The first kappa shape index (κ1) is 40.6. The maximum absolute atomic E-state index is 5.51. The fraction of sp³-hybridized carbons (Fsp3) is 0.472. The summed E-state index contributed by atoms with van der Waals surface area (Å²) in [5, 5.41) is 0. The minimum atomic E-state index is -0.00285. The molecule has 0 spiro atoms. The van der Waals surface area contributed by atoms with E-state index in [9.17, 15) is 0 Å². The molecule has 0 amide bonds. The molecule has 0 saturated heterocycles. The van der Waals surface area contributed by atoms with Crippen molar-refractivity contribution in [1.82, 2.24) is 9.97 Å². The topological polar surface area (TPSA) is 25.8 Å². The summed E-state index contributed by atoms with van der Waals surface area (Å²) in [6.45, 7) is 42.1. The molecule has 290 valence electrons. The van der Waals surface area contributed by atoms with E-state index in [4.69, 9.17) is 9.97 Å². The molecule has 0 bridgehead atoms. The van der Waals surface area contributed by atoms with Crippen LogP contribution < -0.4 is 0 Å². The Hall–Kier alpha value is -4.04.